The maximum Gasteiger partial charge on any atom is 0.250 e. The summed E-state index contributed by atoms with van der Waals surface area (Å²) < 4.78 is 6.55. The zero-order valence-corrected chi connectivity index (χ0v) is 20.2. The van der Waals surface area contributed by atoms with Crippen molar-refractivity contribution in [3.63, 3.8) is 0 Å². The molecule has 5 atom stereocenters. The monoisotopic (exact) mass is 477 g/mol. The van der Waals surface area contributed by atoms with E-state index >= 15 is 0 Å². The number of hydrogen-bond donors (Lipinski definition) is 3. The molecular weight excluding hydrogens is 446 g/mol. The Morgan fingerprint density at radius 3 is 2.54 bits per heavy atom. The fourth-order valence-electron chi connectivity index (χ4n) is 6.29. The summed E-state index contributed by atoms with van der Waals surface area (Å²) in [5, 5.41) is 15.6. The third kappa shape index (κ3) is 3.63. The van der Waals surface area contributed by atoms with Gasteiger partial charge in [0.2, 0.25) is 17.7 Å². The molecule has 0 aliphatic carbocycles. The molecule has 35 heavy (non-hydrogen) atoms. The van der Waals surface area contributed by atoms with Crippen molar-refractivity contribution in [2.45, 2.75) is 50.9 Å². The zero-order valence-electron chi connectivity index (χ0n) is 20.2. The molecule has 3 fully saturated rings. The highest BCUT2D eigenvalue weighted by Gasteiger charge is 2.77. The van der Waals surface area contributed by atoms with Crippen LogP contribution in [0, 0.1) is 25.7 Å². The molecule has 0 aromatic heterocycles. The van der Waals surface area contributed by atoms with Gasteiger partial charge in [-0.05, 0) is 62.9 Å². The summed E-state index contributed by atoms with van der Waals surface area (Å²) >= 11 is 0. The van der Waals surface area contributed by atoms with Gasteiger partial charge in [0.25, 0.3) is 0 Å². The Kier molecular flexibility index (Phi) is 5.68. The first-order chi connectivity index (χ1) is 16.7. The number of fused-ring (bicyclic) bond motifs is 1. The second-order valence-corrected chi connectivity index (χ2v) is 10.1. The van der Waals surface area contributed by atoms with Crippen molar-refractivity contribution in [2.75, 3.05) is 23.8 Å². The number of nitrogens with one attached hydrogen (secondary N) is 2. The standard InChI is InChI=1S/C27H31N3O5/c1-16-9-10-17(2)19(15-16)29-24(33)22-27-12-11-26(3,35-27)20(21(27)25(34)30(22)13-14-31)23(32)28-18-7-5-4-6-8-18/h4-10,15,20-22,31H,11-14H2,1-3H3,(H,28,32)(H,29,33)/t20-,21+,22?,26+,27?/m1/s1. The van der Waals surface area contributed by atoms with Crippen LogP contribution in [0.1, 0.15) is 30.9 Å². The van der Waals surface area contributed by atoms with Crippen LogP contribution < -0.4 is 10.6 Å². The number of carbonyl (C=O) groups excluding carboxylic acids is 3. The van der Waals surface area contributed by atoms with Crippen LogP contribution in [0.3, 0.4) is 0 Å². The third-order valence-corrected chi connectivity index (χ3v) is 7.84. The van der Waals surface area contributed by atoms with E-state index in [1.807, 2.05) is 57.2 Å². The number of ether oxygens (including phenoxy) is 1. The number of amides is 3. The smallest absolute Gasteiger partial charge is 0.250 e. The second-order valence-electron chi connectivity index (χ2n) is 10.1. The van der Waals surface area contributed by atoms with E-state index in [-0.39, 0.29) is 30.9 Å². The van der Waals surface area contributed by atoms with Crippen LogP contribution in [0.4, 0.5) is 11.4 Å². The van der Waals surface area contributed by atoms with Gasteiger partial charge >= 0.3 is 0 Å². The number of hydrogen-bond acceptors (Lipinski definition) is 5. The van der Waals surface area contributed by atoms with Gasteiger partial charge in [0.05, 0.1) is 24.0 Å². The van der Waals surface area contributed by atoms with Crippen LogP contribution in [0.5, 0.6) is 0 Å². The highest BCUT2D eigenvalue weighted by Crippen LogP contribution is 2.63. The lowest BCUT2D eigenvalue weighted by Gasteiger charge is -2.33. The molecule has 3 amide bonds. The van der Waals surface area contributed by atoms with Crippen LogP contribution in [-0.2, 0) is 19.1 Å². The van der Waals surface area contributed by atoms with Crippen molar-refractivity contribution < 1.29 is 24.2 Å². The Labute approximate surface area is 204 Å². The zero-order chi connectivity index (χ0) is 25.0. The summed E-state index contributed by atoms with van der Waals surface area (Å²) in [6, 6.07) is 13.9. The molecule has 3 aliphatic rings. The van der Waals surface area contributed by atoms with E-state index in [4.69, 9.17) is 4.74 Å². The number of nitrogens with zero attached hydrogens (tertiary/aromatic N) is 1. The first-order valence-corrected chi connectivity index (χ1v) is 12.1. The third-order valence-electron chi connectivity index (χ3n) is 7.84. The maximum atomic E-state index is 13.7. The fraction of sp³-hybridized carbons (Fsp3) is 0.444. The topological polar surface area (TPSA) is 108 Å². The molecule has 8 nitrogen and oxygen atoms in total. The van der Waals surface area contributed by atoms with Gasteiger partial charge < -0.3 is 25.4 Å². The molecule has 3 heterocycles. The summed E-state index contributed by atoms with van der Waals surface area (Å²) in [4.78, 5) is 42.4. The van der Waals surface area contributed by atoms with Gasteiger partial charge in [-0.2, -0.15) is 0 Å². The highest BCUT2D eigenvalue weighted by atomic mass is 16.5. The number of benzene rings is 2. The highest BCUT2D eigenvalue weighted by molar-refractivity contribution is 6.05. The van der Waals surface area contributed by atoms with Gasteiger partial charge in [0.15, 0.2) is 0 Å². The van der Waals surface area contributed by atoms with Crippen LogP contribution in [0.2, 0.25) is 0 Å². The molecule has 2 aromatic rings. The van der Waals surface area contributed by atoms with Crippen LogP contribution in [0.15, 0.2) is 48.5 Å². The molecule has 0 radical (unpaired) electrons. The van der Waals surface area contributed by atoms with E-state index in [0.29, 0.717) is 24.2 Å². The predicted octanol–water partition coefficient (Wildman–Crippen LogP) is 2.64. The van der Waals surface area contributed by atoms with E-state index in [2.05, 4.69) is 10.6 Å². The lowest BCUT2D eigenvalue weighted by molar-refractivity contribution is -0.143. The number of β-amino-alcohol motifs (C(OH)–C–C–N with tert-alkyl or cyclic N) is 1. The fourth-order valence-corrected chi connectivity index (χ4v) is 6.29. The van der Waals surface area contributed by atoms with Crippen molar-refractivity contribution >= 4 is 29.1 Å². The Morgan fingerprint density at radius 1 is 1.09 bits per heavy atom. The van der Waals surface area contributed by atoms with Crippen LogP contribution in [0.25, 0.3) is 0 Å². The van der Waals surface area contributed by atoms with Crippen molar-refractivity contribution in [2.24, 2.45) is 11.8 Å². The van der Waals surface area contributed by atoms with Crippen molar-refractivity contribution in [1.82, 2.24) is 4.90 Å². The average Bonchev–Trinajstić information content (AvgIpc) is 3.38. The summed E-state index contributed by atoms with van der Waals surface area (Å²) in [7, 11) is 0. The first kappa shape index (κ1) is 23.5. The Morgan fingerprint density at radius 2 is 1.83 bits per heavy atom. The number of aliphatic hydroxyl groups is 1. The lowest BCUT2D eigenvalue weighted by atomic mass is 9.66. The van der Waals surface area contributed by atoms with Crippen LogP contribution >= 0.6 is 0 Å². The maximum absolute atomic E-state index is 13.7. The number of aliphatic hydroxyl groups excluding tert-OH is 1. The number of rotatable bonds is 6. The molecule has 3 saturated heterocycles. The normalized spacial score (nSPS) is 30.9. The SMILES string of the molecule is Cc1ccc(C)c(NC(=O)C2N(CCO)C(=O)[C@@H]3[C@H](C(=O)Nc4ccccc4)[C@]4(C)CCC23O4)c1. The summed E-state index contributed by atoms with van der Waals surface area (Å²) in [6.45, 7) is 5.41. The molecule has 8 heteroatoms. The molecule has 2 bridgehead atoms. The summed E-state index contributed by atoms with van der Waals surface area (Å²) in [5.41, 5.74) is 1.23. The van der Waals surface area contributed by atoms with Crippen molar-refractivity contribution in [3.05, 3.63) is 59.7 Å². The molecule has 5 rings (SSSR count). The molecule has 1 spiro atoms. The van der Waals surface area contributed by atoms with E-state index in [9.17, 15) is 19.5 Å². The number of para-hydroxylation sites is 1. The van der Waals surface area contributed by atoms with E-state index in [1.54, 1.807) is 12.1 Å². The van der Waals surface area contributed by atoms with Gasteiger partial charge in [-0.25, -0.2) is 0 Å². The molecular formula is C27H31N3O5. The van der Waals surface area contributed by atoms with Crippen molar-refractivity contribution in [1.29, 1.82) is 0 Å². The molecule has 2 aromatic carbocycles. The average molecular weight is 478 g/mol. The van der Waals surface area contributed by atoms with Gasteiger partial charge in [-0.3, -0.25) is 14.4 Å². The second kappa shape index (κ2) is 8.46. The minimum Gasteiger partial charge on any atom is -0.395 e. The number of likely N-dealkylation sites (tertiary alicyclic amines) is 1. The van der Waals surface area contributed by atoms with E-state index in [1.165, 1.54) is 4.90 Å². The summed E-state index contributed by atoms with van der Waals surface area (Å²) in [6.07, 6.45) is 1.05. The number of anilines is 2. The molecule has 184 valence electrons. The Balaban J connectivity index is 1.50. The van der Waals surface area contributed by atoms with Gasteiger partial charge in [0, 0.05) is 17.9 Å². The summed E-state index contributed by atoms with van der Waals surface area (Å²) in [5.74, 6) is -2.53. The Bertz CT molecular complexity index is 1180. The largest absolute Gasteiger partial charge is 0.395 e. The van der Waals surface area contributed by atoms with Gasteiger partial charge in [0.1, 0.15) is 11.6 Å². The predicted molar refractivity (Wildman–Crippen MR) is 131 cm³/mol. The quantitative estimate of drug-likeness (QED) is 0.593. The van der Waals surface area contributed by atoms with Crippen molar-refractivity contribution in [3.8, 4) is 0 Å². The van der Waals surface area contributed by atoms with Crippen LogP contribution in [-0.4, -0.2) is 58.1 Å². The first-order valence-electron chi connectivity index (χ1n) is 12.1. The number of carbonyl (C=O) groups is 3. The number of aryl methyl sites for hydroxylation is 2. The molecule has 3 N–H and O–H groups in total. The Hall–Kier alpha value is -3.23. The van der Waals surface area contributed by atoms with E-state index in [0.717, 1.165) is 11.1 Å². The molecule has 2 unspecified atom stereocenters. The molecule has 3 aliphatic heterocycles. The molecule has 0 saturated carbocycles. The minimum absolute atomic E-state index is 0.00489. The van der Waals surface area contributed by atoms with Gasteiger partial charge in [-0.15, -0.1) is 0 Å². The van der Waals surface area contributed by atoms with Gasteiger partial charge in [-0.1, -0.05) is 30.3 Å². The minimum atomic E-state index is -1.12. The lowest BCUT2D eigenvalue weighted by Crippen LogP contribution is -2.53. The van der Waals surface area contributed by atoms with E-state index < -0.39 is 29.1 Å².